The van der Waals surface area contributed by atoms with Crippen LogP contribution in [0.4, 0.5) is 80.6 Å². The second-order valence-electron chi connectivity index (χ2n) is 36.1. The van der Waals surface area contributed by atoms with Crippen LogP contribution in [0.5, 0.6) is 0 Å². The molecule has 4 aromatic carbocycles. The molecule has 0 aliphatic heterocycles. The number of carbonyl (C=O) groups excluding carboxylic acids is 8. The molecule has 43 heteroatoms. The number of nitrogens with zero attached hydrogens (tertiary/aromatic N) is 15. The van der Waals surface area contributed by atoms with Crippen molar-refractivity contribution in [3.63, 3.8) is 0 Å². The number of pyridine rings is 5. The Morgan fingerprint density at radius 1 is 0.378 bits per heavy atom. The topological polar surface area (TPSA) is 492 Å². The number of amides is 6. The first-order valence-electron chi connectivity index (χ1n) is 43.6. The van der Waals surface area contributed by atoms with Crippen LogP contribution in [-0.4, -0.2) is 166 Å². The summed E-state index contributed by atoms with van der Waals surface area (Å²) in [5, 5.41) is 25.7. The van der Waals surface area contributed by atoms with Crippen molar-refractivity contribution in [2.24, 2.45) is 0 Å². The van der Waals surface area contributed by atoms with E-state index < -0.39 is 93.0 Å². The molecule has 8 heterocycles. The Balaban J connectivity index is 0.000000246. The Hall–Kier alpha value is -14.8. The summed E-state index contributed by atoms with van der Waals surface area (Å²) in [6.45, 7) is 38.4. The zero-order valence-corrected chi connectivity index (χ0v) is 87.6. The van der Waals surface area contributed by atoms with Crippen LogP contribution in [0, 0.1) is 27.5 Å². The van der Waals surface area contributed by atoms with Crippen molar-refractivity contribution in [1.82, 2.24) is 54.8 Å². The fraction of sp³-hybridized carbons (Fsp3) is 0.300. The van der Waals surface area contributed by atoms with Gasteiger partial charge in [0.15, 0.2) is 0 Å². The second-order valence-corrected chi connectivity index (χ2v) is 38.7. The van der Waals surface area contributed by atoms with E-state index in [0.29, 0.717) is 22.5 Å². The van der Waals surface area contributed by atoms with E-state index in [2.05, 4.69) is 94.1 Å². The lowest BCUT2D eigenvalue weighted by atomic mass is 10.1. The highest BCUT2D eigenvalue weighted by molar-refractivity contribution is 14.1. The maximum absolute atomic E-state index is 13.0. The molecule has 5 N–H and O–H groups in total. The van der Waals surface area contributed by atoms with Crippen LogP contribution in [0.15, 0.2) is 207 Å². The number of rotatable bonds is 17. The predicted molar refractivity (Wildman–Crippen MR) is 553 cm³/mol. The van der Waals surface area contributed by atoms with Gasteiger partial charge in [0, 0.05) is 93.7 Å². The summed E-state index contributed by atoms with van der Waals surface area (Å²) in [4.78, 5) is 167. The van der Waals surface area contributed by atoms with E-state index >= 15 is 0 Å². The first kappa shape index (κ1) is 115. The van der Waals surface area contributed by atoms with Crippen molar-refractivity contribution in [2.75, 3.05) is 44.3 Å². The third kappa shape index (κ3) is 39.0. The molecular weight excluding hydrogens is 2040 g/mol. The van der Waals surface area contributed by atoms with Crippen LogP contribution in [0.2, 0.25) is 21.0 Å². The number of halogens is 5. The number of esters is 2. The molecule has 0 unspecified atom stereocenters. The number of ether oxygens (including phenoxy) is 8. The summed E-state index contributed by atoms with van der Waals surface area (Å²) in [5.74, 6) is -1.87. The first-order valence-corrected chi connectivity index (χ1v) is 46.2. The fourth-order valence-electron chi connectivity index (χ4n) is 11.4. The molecule has 0 fully saturated rings. The number of anilines is 8. The molecule has 12 rings (SSSR count). The summed E-state index contributed by atoms with van der Waals surface area (Å²) in [6.07, 6.45) is 6.33. The zero-order chi connectivity index (χ0) is 106. The maximum Gasteiger partial charge on any atom is 0.425 e. The Morgan fingerprint density at radius 3 is 0.965 bits per heavy atom. The molecule has 0 saturated heterocycles. The second kappa shape index (κ2) is 51.6. The van der Waals surface area contributed by atoms with Crippen molar-refractivity contribution >= 4 is 175 Å². The van der Waals surface area contributed by atoms with E-state index in [4.69, 9.17) is 90.0 Å². The van der Waals surface area contributed by atoms with Gasteiger partial charge in [-0.1, -0.05) is 48.0 Å². The predicted octanol–water partition coefficient (Wildman–Crippen LogP) is 25.0. The Bertz CT molecular complexity index is 6390. The van der Waals surface area contributed by atoms with Crippen molar-refractivity contribution in [3.05, 3.63) is 270 Å². The summed E-state index contributed by atoms with van der Waals surface area (Å²) in [7, 11) is 0. The third-order valence-electron chi connectivity index (χ3n) is 17.2. The minimum absolute atomic E-state index is 0.00144. The van der Waals surface area contributed by atoms with Gasteiger partial charge >= 0.3 is 54.5 Å². The number of aromatic carboxylic acids is 1. The first-order chi connectivity index (χ1) is 66.7. The minimum Gasteiger partial charge on any atom is -0.477 e. The van der Waals surface area contributed by atoms with Crippen LogP contribution in [-0.2, 0) is 37.9 Å². The lowest BCUT2D eigenvalue weighted by Crippen LogP contribution is -2.44. The molecule has 754 valence electrons. The number of aromatic nitrogens is 11. The number of nitrogens with two attached hydrogens (primary N) is 1. The molecule has 0 aliphatic rings. The number of carboxylic acids is 1. The lowest BCUT2D eigenvalue weighted by Gasteiger charge is -2.28. The van der Waals surface area contributed by atoms with E-state index in [-0.39, 0.29) is 85.7 Å². The van der Waals surface area contributed by atoms with Crippen LogP contribution in [0.1, 0.15) is 181 Å². The molecule has 0 atom stereocenters. The Kier molecular flexibility index (Phi) is 41.5. The molecule has 12 aromatic rings. The highest BCUT2D eigenvalue weighted by atomic mass is 127. The van der Waals surface area contributed by atoms with Gasteiger partial charge in [-0.25, -0.2) is 78.0 Å². The number of benzene rings is 4. The van der Waals surface area contributed by atoms with Crippen molar-refractivity contribution in [1.29, 1.82) is 0 Å². The van der Waals surface area contributed by atoms with Crippen molar-refractivity contribution in [3.8, 4) is 44.5 Å². The van der Waals surface area contributed by atoms with Gasteiger partial charge in [-0.2, -0.15) is 24.7 Å². The van der Waals surface area contributed by atoms with Crippen LogP contribution < -0.4 is 31.1 Å². The van der Waals surface area contributed by atoms with E-state index in [1.165, 1.54) is 54.2 Å². The quantitative estimate of drug-likeness (QED) is 0.00961. The largest absolute Gasteiger partial charge is 0.477 e. The van der Waals surface area contributed by atoms with E-state index in [1.54, 1.807) is 242 Å². The fourth-order valence-corrected chi connectivity index (χ4v) is 12.5. The average molecular weight is 2150 g/mol. The maximum atomic E-state index is 13.0. The number of hydrogen-bond acceptors (Lipinski definition) is 33. The number of hydrogen-bond donors (Lipinski definition) is 4. The van der Waals surface area contributed by atoms with Gasteiger partial charge in [0.05, 0.1) is 18.1 Å². The molecule has 143 heavy (non-hydrogen) atoms. The highest BCUT2D eigenvalue weighted by Gasteiger charge is 2.38. The number of imide groups is 3. The lowest BCUT2D eigenvalue weighted by molar-refractivity contribution is -0.384. The van der Waals surface area contributed by atoms with Gasteiger partial charge in [0.25, 0.3) is 5.69 Å². The minimum atomic E-state index is -1.20. The number of nitro benzene ring substituents is 1. The standard InChI is InChI=1S/C28H32ClN5O6.C26H28ClN5O6.C15H21IN2O4.C12H10N2O2.C12H12N2.C7H6Cl2N2O2/c1-8-38-23(35)20-16-31-24(29)33-22(20)32-19-11-9-17(10-12-19)18-13-14-30-21(15-18)34(25(36)39-27(2,3)4)26(37)40-28(5,6)7;1-25(2,3)37-23(35)32(24(36)38-26(4,5)6)19-13-16(11-12-28-19)15-7-9-17(10-8-15)30-20-18(21(33)34)14-29-22(27)31-20;1-14(2,3)21-12(19)18(13(20)22-15(4,5)6)11-9-10(16)7-8-17-11;1-9-8-11(6-7-13-9)10-2-4-12(5-3-10)14(15)16;1-9-8-11(6-7-14-9)10-2-4-12(13)5-3-10;1-2-13-6(12)4-3-10-7(9)11-5(4)8/h9-16H,8H2,1-7H3,(H,31,32,33);7-14H,1-6H3,(H,33,34)(H,29,30,31);7-9H,1-6H3;2-8H,1H3;2-8H,13H2,1H3;3H,2H2,1H3. The zero-order valence-electron chi connectivity index (χ0n) is 82.4. The number of nitrogens with one attached hydrogen (secondary N) is 2. The average Bonchev–Trinajstić information content (AvgIpc) is 0.799. The molecule has 38 nitrogen and oxygen atoms in total. The molecule has 6 amide bonds. The number of nitro groups is 1. The van der Waals surface area contributed by atoms with E-state index in [0.717, 1.165) is 63.8 Å². The van der Waals surface area contributed by atoms with Crippen molar-refractivity contribution in [2.45, 2.75) is 186 Å². The molecular formula is C100H109Cl4IN18O20. The summed E-state index contributed by atoms with van der Waals surface area (Å²) < 4.78 is 42.9. The van der Waals surface area contributed by atoms with Crippen LogP contribution in [0.25, 0.3) is 44.5 Å². The summed E-state index contributed by atoms with van der Waals surface area (Å²) in [6, 6.07) is 46.2. The number of carboxylic acid groups (broad SMARTS) is 1. The normalized spacial score (nSPS) is 11.0. The number of non-ortho nitro benzene ring substituents is 1. The van der Waals surface area contributed by atoms with Gasteiger partial charge in [0.1, 0.15) is 84.5 Å². The van der Waals surface area contributed by atoms with Gasteiger partial charge in [-0.3, -0.25) is 20.1 Å². The molecule has 0 aliphatic carbocycles. The van der Waals surface area contributed by atoms with E-state index in [1.807, 2.05) is 62.5 Å². The Morgan fingerprint density at radius 2 is 0.657 bits per heavy atom. The molecule has 8 aromatic heterocycles. The smallest absolute Gasteiger partial charge is 0.425 e. The third-order valence-corrected chi connectivity index (χ3v) is 18.7. The number of carbonyl (C=O) groups is 9. The number of aryl methyl sites for hydroxylation is 2. The summed E-state index contributed by atoms with van der Waals surface area (Å²) in [5.41, 5.74) is 12.0. The van der Waals surface area contributed by atoms with Crippen LogP contribution in [0.3, 0.4) is 0 Å². The highest BCUT2D eigenvalue weighted by Crippen LogP contribution is 2.34. The monoisotopic (exact) mass is 2150 g/mol. The van der Waals surface area contributed by atoms with Gasteiger partial charge < -0.3 is 59.4 Å². The van der Waals surface area contributed by atoms with Gasteiger partial charge in [-0.15, -0.1) is 0 Å². The van der Waals surface area contributed by atoms with Crippen LogP contribution >= 0.6 is 69.0 Å². The number of nitrogen functional groups attached to an aromatic ring is 1. The summed E-state index contributed by atoms with van der Waals surface area (Å²) >= 11 is 24.9. The van der Waals surface area contributed by atoms with Gasteiger partial charge in [-0.05, 0) is 363 Å². The molecule has 0 radical (unpaired) electrons. The van der Waals surface area contributed by atoms with E-state index in [9.17, 15) is 58.4 Å². The Labute approximate surface area is 860 Å². The molecule has 0 bridgehead atoms. The van der Waals surface area contributed by atoms with Gasteiger partial charge in [0.2, 0.25) is 15.9 Å². The molecule has 0 saturated carbocycles. The molecule has 0 spiro atoms. The SMILES string of the molecule is CC(C)(C)OC(=O)N(C(=O)OC(C)(C)C)c1cc(-c2ccc(Nc3nc(Cl)ncc3C(=O)O)cc2)ccn1.CC(C)(C)OC(=O)N(C(=O)OC(C)(C)C)c1cc(I)ccn1.CCOC(=O)c1cnc(Cl)nc1Cl.CCOC(=O)c1cnc(Cl)nc1Nc1ccc(-c2ccnc(N(C(=O)OC(C)(C)C)C(=O)OC(C)(C)C)c2)cc1.Cc1cc(-c2ccc(N)cc2)ccn1.Cc1cc(-c2ccc([N+](=O)[O-])cc2)ccn1. The van der Waals surface area contributed by atoms with Crippen molar-refractivity contribution < 1.29 is 91.1 Å².